The standard InChI is InChI=1S/C15H14OS2/c1-17-11-6-7-15-12(9-11)13(16)8-10-4-2-3-5-14(10)18-15/h2-7,9,13,16H,8H2,1H3. The molecule has 3 heteroatoms. The number of thioether (sulfide) groups is 1. The highest BCUT2D eigenvalue weighted by Gasteiger charge is 2.20. The molecule has 1 nitrogen and oxygen atoms in total. The minimum Gasteiger partial charge on any atom is -0.388 e. The van der Waals surface area contributed by atoms with Crippen LogP contribution in [0.2, 0.25) is 0 Å². The van der Waals surface area contributed by atoms with E-state index in [1.807, 2.05) is 6.07 Å². The van der Waals surface area contributed by atoms with Gasteiger partial charge >= 0.3 is 0 Å². The molecule has 0 amide bonds. The molecule has 1 aliphatic heterocycles. The Kier molecular flexibility index (Phi) is 3.37. The maximum atomic E-state index is 10.4. The van der Waals surface area contributed by atoms with E-state index in [4.69, 9.17) is 0 Å². The van der Waals surface area contributed by atoms with Gasteiger partial charge in [-0.2, -0.15) is 0 Å². The van der Waals surface area contributed by atoms with Crippen LogP contribution < -0.4 is 0 Å². The molecule has 0 fully saturated rings. The van der Waals surface area contributed by atoms with Gasteiger partial charge in [-0.3, -0.25) is 0 Å². The van der Waals surface area contributed by atoms with Crippen molar-refractivity contribution in [3.8, 4) is 0 Å². The Morgan fingerprint density at radius 3 is 2.83 bits per heavy atom. The smallest absolute Gasteiger partial charge is 0.0842 e. The lowest BCUT2D eigenvalue weighted by atomic mass is 10.0. The lowest BCUT2D eigenvalue weighted by Gasteiger charge is -2.12. The maximum Gasteiger partial charge on any atom is 0.0842 e. The van der Waals surface area contributed by atoms with E-state index in [-0.39, 0.29) is 0 Å². The van der Waals surface area contributed by atoms with E-state index in [1.165, 1.54) is 20.2 Å². The number of benzene rings is 2. The fraction of sp³-hybridized carbons (Fsp3) is 0.200. The normalized spacial score (nSPS) is 17.8. The van der Waals surface area contributed by atoms with E-state index in [0.29, 0.717) is 6.42 Å². The highest BCUT2D eigenvalue weighted by molar-refractivity contribution is 7.99. The Morgan fingerprint density at radius 2 is 2.00 bits per heavy atom. The highest BCUT2D eigenvalue weighted by Crippen LogP contribution is 2.41. The average Bonchev–Trinajstić information content (AvgIpc) is 2.54. The number of aliphatic hydroxyl groups excluding tert-OH is 1. The SMILES string of the molecule is CSc1ccc2c(c1)C(O)Cc1ccccc1S2. The second kappa shape index (κ2) is 5.00. The minimum absolute atomic E-state index is 0.400. The molecule has 2 aromatic rings. The molecule has 0 saturated heterocycles. The van der Waals surface area contributed by atoms with Gasteiger partial charge in [0.25, 0.3) is 0 Å². The highest BCUT2D eigenvalue weighted by atomic mass is 32.2. The number of fused-ring (bicyclic) bond motifs is 2. The molecule has 0 aromatic heterocycles. The minimum atomic E-state index is -0.400. The van der Waals surface area contributed by atoms with Gasteiger partial charge in [0.2, 0.25) is 0 Å². The molecule has 1 aliphatic rings. The third-order valence-corrected chi connectivity index (χ3v) is 5.12. The molecule has 0 radical (unpaired) electrons. The lowest BCUT2D eigenvalue weighted by Crippen LogP contribution is -2.01. The Balaban J connectivity index is 2.10. The molecule has 18 heavy (non-hydrogen) atoms. The Hall–Kier alpha value is -0.900. The molecule has 1 N–H and O–H groups in total. The zero-order valence-electron chi connectivity index (χ0n) is 10.1. The van der Waals surface area contributed by atoms with Crippen molar-refractivity contribution in [2.75, 3.05) is 6.26 Å². The monoisotopic (exact) mass is 274 g/mol. The molecular formula is C15H14OS2. The van der Waals surface area contributed by atoms with E-state index in [2.05, 4.69) is 42.7 Å². The van der Waals surface area contributed by atoms with Crippen molar-refractivity contribution in [3.05, 3.63) is 53.6 Å². The Labute approximate surface area is 116 Å². The van der Waals surface area contributed by atoms with Gasteiger partial charge in [0.05, 0.1) is 6.10 Å². The van der Waals surface area contributed by atoms with Crippen LogP contribution in [-0.4, -0.2) is 11.4 Å². The predicted octanol–water partition coefficient (Wildman–Crippen LogP) is 4.15. The molecule has 1 unspecified atom stereocenters. The topological polar surface area (TPSA) is 20.2 Å². The first-order valence-corrected chi connectivity index (χ1v) is 7.94. The first-order chi connectivity index (χ1) is 8.78. The van der Waals surface area contributed by atoms with Crippen molar-refractivity contribution in [1.29, 1.82) is 0 Å². The summed E-state index contributed by atoms with van der Waals surface area (Å²) in [4.78, 5) is 3.64. The van der Waals surface area contributed by atoms with E-state index >= 15 is 0 Å². The number of hydrogen-bond acceptors (Lipinski definition) is 3. The molecule has 0 saturated carbocycles. The van der Waals surface area contributed by atoms with Crippen LogP contribution in [0.25, 0.3) is 0 Å². The second-order valence-electron chi connectivity index (χ2n) is 4.33. The van der Waals surface area contributed by atoms with Crippen LogP contribution in [-0.2, 0) is 6.42 Å². The van der Waals surface area contributed by atoms with Gasteiger partial charge in [0.1, 0.15) is 0 Å². The van der Waals surface area contributed by atoms with Crippen LogP contribution in [0, 0.1) is 0 Å². The molecule has 1 atom stereocenters. The molecule has 0 spiro atoms. The van der Waals surface area contributed by atoms with Gasteiger partial charge in [0.15, 0.2) is 0 Å². The van der Waals surface area contributed by atoms with Crippen molar-refractivity contribution in [2.45, 2.75) is 27.2 Å². The predicted molar refractivity (Wildman–Crippen MR) is 77.5 cm³/mol. The first kappa shape index (κ1) is 12.2. The molecule has 92 valence electrons. The fourth-order valence-electron chi connectivity index (χ4n) is 2.22. The summed E-state index contributed by atoms with van der Waals surface area (Å²) >= 11 is 3.47. The van der Waals surface area contributed by atoms with Gasteiger partial charge in [-0.1, -0.05) is 30.0 Å². The van der Waals surface area contributed by atoms with Gasteiger partial charge in [-0.15, -0.1) is 11.8 Å². The molecule has 0 aliphatic carbocycles. The fourth-order valence-corrected chi connectivity index (χ4v) is 3.78. The zero-order valence-corrected chi connectivity index (χ0v) is 11.7. The summed E-state index contributed by atoms with van der Waals surface area (Å²) in [7, 11) is 0. The summed E-state index contributed by atoms with van der Waals surface area (Å²) in [6.45, 7) is 0. The summed E-state index contributed by atoms with van der Waals surface area (Å²) in [5.41, 5.74) is 2.29. The van der Waals surface area contributed by atoms with Crippen LogP contribution in [0.1, 0.15) is 17.2 Å². The maximum absolute atomic E-state index is 10.4. The molecule has 2 aromatic carbocycles. The average molecular weight is 274 g/mol. The Bertz CT molecular complexity index is 580. The number of aliphatic hydroxyl groups is 1. The van der Waals surface area contributed by atoms with Gasteiger partial charge in [-0.25, -0.2) is 0 Å². The quantitative estimate of drug-likeness (QED) is 0.789. The number of rotatable bonds is 1. The molecule has 0 bridgehead atoms. The van der Waals surface area contributed by atoms with E-state index in [1.54, 1.807) is 23.5 Å². The van der Waals surface area contributed by atoms with Gasteiger partial charge in [0, 0.05) is 21.1 Å². The molecule has 1 heterocycles. The summed E-state index contributed by atoms with van der Waals surface area (Å²) < 4.78 is 0. The van der Waals surface area contributed by atoms with Crippen molar-refractivity contribution < 1.29 is 5.11 Å². The molecule has 3 rings (SSSR count). The van der Waals surface area contributed by atoms with Gasteiger partial charge < -0.3 is 5.11 Å². The lowest BCUT2D eigenvalue weighted by molar-refractivity contribution is 0.175. The van der Waals surface area contributed by atoms with Crippen LogP contribution in [0.3, 0.4) is 0 Å². The van der Waals surface area contributed by atoms with Crippen molar-refractivity contribution in [1.82, 2.24) is 0 Å². The third kappa shape index (κ3) is 2.18. The van der Waals surface area contributed by atoms with E-state index < -0.39 is 6.10 Å². The Morgan fingerprint density at radius 1 is 1.17 bits per heavy atom. The van der Waals surface area contributed by atoms with Crippen LogP contribution in [0.15, 0.2) is 57.2 Å². The summed E-state index contributed by atoms with van der Waals surface area (Å²) in [6, 6.07) is 14.7. The third-order valence-electron chi connectivity index (χ3n) is 3.18. The second-order valence-corrected chi connectivity index (χ2v) is 6.30. The van der Waals surface area contributed by atoms with Crippen molar-refractivity contribution >= 4 is 23.5 Å². The summed E-state index contributed by atoms with van der Waals surface area (Å²) in [5, 5.41) is 10.4. The molecular weight excluding hydrogens is 260 g/mol. The van der Waals surface area contributed by atoms with Gasteiger partial charge in [-0.05, 0) is 41.6 Å². The van der Waals surface area contributed by atoms with E-state index in [9.17, 15) is 5.11 Å². The van der Waals surface area contributed by atoms with E-state index in [0.717, 1.165) is 5.56 Å². The summed E-state index contributed by atoms with van der Waals surface area (Å²) in [5.74, 6) is 0. The van der Waals surface area contributed by atoms with Crippen LogP contribution >= 0.6 is 23.5 Å². The number of hydrogen-bond donors (Lipinski definition) is 1. The first-order valence-electron chi connectivity index (χ1n) is 5.89. The van der Waals surface area contributed by atoms with Crippen LogP contribution in [0.5, 0.6) is 0 Å². The largest absolute Gasteiger partial charge is 0.388 e. The van der Waals surface area contributed by atoms with Crippen molar-refractivity contribution in [3.63, 3.8) is 0 Å². The zero-order chi connectivity index (χ0) is 12.5. The van der Waals surface area contributed by atoms with Crippen molar-refractivity contribution in [2.24, 2.45) is 0 Å². The van der Waals surface area contributed by atoms with Crippen LogP contribution in [0.4, 0.5) is 0 Å². The summed E-state index contributed by atoms with van der Waals surface area (Å²) in [6.07, 6.45) is 2.36.